The van der Waals surface area contributed by atoms with Gasteiger partial charge in [0.05, 0.1) is 0 Å². The molecular formula is C12H27O5P2-3. The summed E-state index contributed by atoms with van der Waals surface area (Å²) in [6, 6.07) is 0. The lowest BCUT2D eigenvalue weighted by atomic mass is 10.2. The quantitative estimate of drug-likeness (QED) is 0.635. The smallest absolute Gasteiger partial charge is 0.0251 e. The van der Waals surface area contributed by atoms with E-state index in [2.05, 4.69) is 0 Å². The summed E-state index contributed by atoms with van der Waals surface area (Å²) in [5.41, 5.74) is 0. The van der Waals surface area contributed by atoms with E-state index in [1.807, 2.05) is 0 Å². The van der Waals surface area contributed by atoms with Crippen LogP contribution in [0.5, 0.6) is 0 Å². The topological polar surface area (TPSA) is 103 Å². The Balaban J connectivity index is 0. The van der Waals surface area contributed by atoms with Crippen LogP contribution in [0, 0.1) is 0 Å². The van der Waals surface area contributed by atoms with E-state index in [0.717, 1.165) is 0 Å². The molecule has 0 aromatic rings. The highest BCUT2D eigenvalue weighted by Crippen LogP contribution is 2.59. The van der Waals surface area contributed by atoms with Crippen molar-refractivity contribution >= 4 is 15.0 Å². The largest absolute Gasteiger partial charge is 0.810 e. The van der Waals surface area contributed by atoms with E-state index in [-0.39, 0.29) is 0 Å². The highest BCUT2D eigenvalue weighted by molar-refractivity contribution is 7.59. The van der Waals surface area contributed by atoms with Crippen molar-refractivity contribution in [1.29, 1.82) is 0 Å². The molecule has 0 aliphatic carbocycles. The van der Waals surface area contributed by atoms with Crippen LogP contribution in [-0.2, 0) is 9.13 Å². The third-order valence-corrected chi connectivity index (χ3v) is 7.76. The van der Waals surface area contributed by atoms with Crippen LogP contribution in [0.2, 0.25) is 0 Å². The average molecular weight is 313 g/mol. The van der Waals surface area contributed by atoms with Crippen LogP contribution >= 0.6 is 15.0 Å². The molecule has 0 heterocycles. The van der Waals surface area contributed by atoms with Crippen molar-refractivity contribution in [3.63, 3.8) is 0 Å². The van der Waals surface area contributed by atoms with Gasteiger partial charge in [-0.25, -0.2) is 0 Å². The van der Waals surface area contributed by atoms with Gasteiger partial charge in [-0.3, -0.25) is 0 Å². The molecule has 7 heteroatoms. The van der Waals surface area contributed by atoms with Gasteiger partial charge in [0, 0.05) is 17.7 Å². The molecule has 5 nitrogen and oxygen atoms in total. The second-order valence-electron chi connectivity index (χ2n) is 7.56. The van der Waals surface area contributed by atoms with Gasteiger partial charge in [-0.1, -0.05) is 69.9 Å². The number of hydrogen-bond acceptors (Lipinski definition) is 5. The van der Waals surface area contributed by atoms with Gasteiger partial charge < -0.3 is 23.8 Å². The summed E-state index contributed by atoms with van der Waals surface area (Å²) < 4.78 is 21.8. The Hall–Kier alpha value is 0.340. The Labute approximate surface area is 117 Å². The molecule has 0 saturated heterocycles. The summed E-state index contributed by atoms with van der Waals surface area (Å²) in [6.07, 6.45) is 0. The van der Waals surface area contributed by atoms with Crippen molar-refractivity contribution in [1.82, 2.24) is 0 Å². The first-order chi connectivity index (χ1) is 7.75. The standard InChI is InChI=1S/C8H19O2P.C4H11O3P/c1-7(2,3)11(9,10)8(4,5)6;1-4(2,3)8(5,6)7/h1-6H3,(H,9,10);1-3H3,(H2,5,6,7)/p-3. The summed E-state index contributed by atoms with van der Waals surface area (Å²) in [6.45, 7) is 14.6. The fourth-order valence-corrected chi connectivity index (χ4v) is 3.02. The first kappa shape index (κ1) is 21.6. The maximum Gasteiger partial charge on any atom is 0.0251 e. The lowest BCUT2D eigenvalue weighted by molar-refractivity contribution is -0.319. The molecule has 0 aliphatic heterocycles. The van der Waals surface area contributed by atoms with Crippen molar-refractivity contribution < 1.29 is 23.8 Å². The van der Waals surface area contributed by atoms with E-state index >= 15 is 0 Å². The maximum atomic E-state index is 11.7. The molecule has 0 saturated carbocycles. The molecule has 0 fully saturated rings. The van der Waals surface area contributed by atoms with Gasteiger partial charge in [-0.05, 0) is 5.16 Å². The summed E-state index contributed by atoms with van der Waals surface area (Å²) in [7, 11) is -7.66. The number of hydrogen-bond donors (Lipinski definition) is 0. The van der Waals surface area contributed by atoms with Crippen LogP contribution in [0.25, 0.3) is 0 Å². The highest BCUT2D eigenvalue weighted by Gasteiger charge is 2.36. The molecule has 0 aliphatic rings. The van der Waals surface area contributed by atoms with E-state index < -0.39 is 30.4 Å². The SMILES string of the molecule is CC(C)(C)P(=O)([O-])C(C)(C)C.CC(C)(C)P(=O)([O-])[O-]. The molecule has 0 radical (unpaired) electrons. The Morgan fingerprint density at radius 3 is 0.737 bits per heavy atom. The molecule has 0 N–H and O–H groups in total. The van der Waals surface area contributed by atoms with E-state index in [9.17, 15) is 23.8 Å². The highest BCUT2D eigenvalue weighted by atomic mass is 31.2. The van der Waals surface area contributed by atoms with Crippen molar-refractivity contribution in [3.8, 4) is 0 Å². The number of rotatable bonds is 0. The lowest BCUT2D eigenvalue weighted by Crippen LogP contribution is -2.35. The van der Waals surface area contributed by atoms with Gasteiger partial charge in [0.1, 0.15) is 0 Å². The van der Waals surface area contributed by atoms with Gasteiger partial charge in [0.15, 0.2) is 0 Å². The van der Waals surface area contributed by atoms with Gasteiger partial charge in [-0.2, -0.15) is 0 Å². The first-order valence-corrected chi connectivity index (χ1v) is 9.25. The van der Waals surface area contributed by atoms with Crippen LogP contribution < -0.4 is 14.7 Å². The van der Waals surface area contributed by atoms with E-state index in [4.69, 9.17) is 0 Å². The molecule has 0 rings (SSSR count). The van der Waals surface area contributed by atoms with Crippen LogP contribution in [0.15, 0.2) is 0 Å². The van der Waals surface area contributed by atoms with Crippen LogP contribution in [0.3, 0.4) is 0 Å². The summed E-state index contributed by atoms with van der Waals surface area (Å²) in [5, 5.41) is -2.36. The Morgan fingerprint density at radius 2 is 0.737 bits per heavy atom. The molecule has 0 amide bonds. The zero-order valence-corrected chi connectivity index (χ0v) is 15.2. The molecule has 19 heavy (non-hydrogen) atoms. The minimum Gasteiger partial charge on any atom is -0.810 e. The van der Waals surface area contributed by atoms with Crippen LogP contribution in [-0.4, -0.2) is 15.5 Å². The van der Waals surface area contributed by atoms with Crippen molar-refractivity contribution in [3.05, 3.63) is 0 Å². The monoisotopic (exact) mass is 313 g/mol. The summed E-state index contributed by atoms with van der Waals surface area (Å²) in [4.78, 5) is 32.0. The van der Waals surface area contributed by atoms with Gasteiger partial charge in [0.25, 0.3) is 0 Å². The Kier molecular flexibility index (Phi) is 6.82. The summed E-state index contributed by atoms with van der Waals surface area (Å²) >= 11 is 0. The third kappa shape index (κ3) is 6.55. The molecule has 118 valence electrons. The third-order valence-electron chi connectivity index (χ3n) is 2.59. The minimum absolute atomic E-state index is 0.620. The van der Waals surface area contributed by atoms with Gasteiger partial charge >= 0.3 is 0 Å². The zero-order valence-electron chi connectivity index (χ0n) is 13.4. The van der Waals surface area contributed by atoms with Crippen molar-refractivity contribution in [2.45, 2.75) is 77.8 Å². The maximum absolute atomic E-state index is 11.7. The predicted octanol–water partition coefficient (Wildman–Crippen LogP) is 1.92. The second-order valence-corrected chi connectivity index (χ2v) is 13.7. The van der Waals surface area contributed by atoms with Crippen molar-refractivity contribution in [2.24, 2.45) is 0 Å². The van der Waals surface area contributed by atoms with E-state index in [0.29, 0.717) is 0 Å². The Morgan fingerprint density at radius 1 is 0.579 bits per heavy atom. The fourth-order valence-electron chi connectivity index (χ4n) is 1.01. The predicted molar refractivity (Wildman–Crippen MR) is 74.5 cm³/mol. The molecule has 0 atom stereocenters. The van der Waals surface area contributed by atoms with Crippen LogP contribution in [0.4, 0.5) is 0 Å². The van der Waals surface area contributed by atoms with E-state index in [1.54, 1.807) is 41.5 Å². The molecule has 0 spiro atoms. The lowest BCUT2D eigenvalue weighted by Gasteiger charge is -2.46. The molecular weight excluding hydrogens is 286 g/mol. The average Bonchev–Trinajstić information content (AvgIpc) is 1.96. The van der Waals surface area contributed by atoms with Crippen molar-refractivity contribution in [2.75, 3.05) is 0 Å². The van der Waals surface area contributed by atoms with Crippen LogP contribution in [0.1, 0.15) is 62.3 Å². The Bertz CT molecular complexity index is 358. The van der Waals surface area contributed by atoms with E-state index in [1.165, 1.54) is 20.8 Å². The zero-order chi connectivity index (χ0) is 16.5. The molecule has 0 unspecified atom stereocenters. The molecule has 0 aromatic heterocycles. The normalized spacial score (nSPS) is 14.7. The molecule has 0 aromatic carbocycles. The first-order valence-electron chi connectivity index (χ1n) is 6.08. The fraction of sp³-hybridized carbons (Fsp3) is 1.00. The second kappa shape index (κ2) is 5.99. The molecule has 0 bridgehead atoms. The van der Waals surface area contributed by atoms with Gasteiger partial charge in [0.2, 0.25) is 0 Å². The minimum atomic E-state index is -4.35. The van der Waals surface area contributed by atoms with Gasteiger partial charge in [-0.15, -0.1) is 0 Å². The summed E-state index contributed by atoms with van der Waals surface area (Å²) in [5.74, 6) is 0.